The highest BCUT2D eigenvalue weighted by Gasteiger charge is 2.20. The molecule has 3 aromatic rings. The van der Waals surface area contributed by atoms with Crippen molar-refractivity contribution in [2.75, 3.05) is 19.5 Å². The van der Waals surface area contributed by atoms with Crippen LogP contribution in [0.1, 0.15) is 10.4 Å². The van der Waals surface area contributed by atoms with Crippen LogP contribution in [0.5, 0.6) is 23.1 Å². The number of rotatable bonds is 6. The van der Waals surface area contributed by atoms with Crippen molar-refractivity contribution in [1.82, 2.24) is 10.3 Å². The second-order valence-corrected chi connectivity index (χ2v) is 6.77. The summed E-state index contributed by atoms with van der Waals surface area (Å²) >= 11 is 12.0. The molecule has 0 aliphatic rings. The van der Waals surface area contributed by atoms with Gasteiger partial charge in [0.15, 0.2) is 0 Å². The summed E-state index contributed by atoms with van der Waals surface area (Å²) in [7, 11) is 2.83. The lowest BCUT2D eigenvalue weighted by Crippen LogP contribution is -2.34. The second kappa shape index (κ2) is 10.0. The highest BCUT2D eigenvalue weighted by Crippen LogP contribution is 2.34. The van der Waals surface area contributed by atoms with Crippen molar-refractivity contribution in [1.29, 1.82) is 0 Å². The number of methoxy groups -OCH3 is 2. The maximum absolute atomic E-state index is 12.5. The summed E-state index contributed by atoms with van der Waals surface area (Å²) in [6.45, 7) is 0. The molecule has 10 heteroatoms. The smallest absolute Gasteiger partial charge is 0.326 e. The number of amides is 3. The van der Waals surface area contributed by atoms with Crippen LogP contribution in [0.3, 0.4) is 0 Å². The van der Waals surface area contributed by atoms with Gasteiger partial charge in [-0.3, -0.25) is 10.1 Å². The molecule has 0 unspecified atom stereocenters. The minimum absolute atomic E-state index is 0.0999. The molecule has 0 bridgehead atoms. The summed E-state index contributed by atoms with van der Waals surface area (Å²) in [5.41, 5.74) is 0.435. The van der Waals surface area contributed by atoms with E-state index in [0.717, 1.165) is 0 Å². The third-order valence-corrected chi connectivity index (χ3v) is 4.81. The first-order valence-corrected chi connectivity index (χ1v) is 9.59. The van der Waals surface area contributed by atoms with Crippen molar-refractivity contribution in [3.63, 3.8) is 0 Å². The van der Waals surface area contributed by atoms with E-state index < -0.39 is 11.9 Å². The quantitative estimate of drug-likeness (QED) is 0.525. The van der Waals surface area contributed by atoms with Gasteiger partial charge in [0.1, 0.15) is 27.8 Å². The molecule has 2 aromatic carbocycles. The van der Waals surface area contributed by atoms with E-state index >= 15 is 0 Å². The zero-order valence-corrected chi connectivity index (χ0v) is 18.0. The molecular formula is C21H17Cl2N3O5. The number of imide groups is 1. The summed E-state index contributed by atoms with van der Waals surface area (Å²) in [5.74, 6) is 0.441. The summed E-state index contributed by atoms with van der Waals surface area (Å²) in [4.78, 5) is 28.9. The van der Waals surface area contributed by atoms with Crippen LogP contribution in [-0.2, 0) is 0 Å². The van der Waals surface area contributed by atoms with Crippen molar-refractivity contribution < 1.29 is 23.8 Å². The van der Waals surface area contributed by atoms with Gasteiger partial charge in [0.05, 0.1) is 31.1 Å². The van der Waals surface area contributed by atoms with Crippen LogP contribution >= 0.6 is 23.2 Å². The molecule has 8 nitrogen and oxygen atoms in total. The van der Waals surface area contributed by atoms with Crippen LogP contribution < -0.4 is 24.8 Å². The Bertz CT molecular complexity index is 1080. The van der Waals surface area contributed by atoms with E-state index in [1.165, 1.54) is 26.5 Å². The first kappa shape index (κ1) is 22.2. The number of urea groups is 1. The van der Waals surface area contributed by atoms with E-state index in [1.54, 1.807) is 42.5 Å². The molecule has 31 heavy (non-hydrogen) atoms. The van der Waals surface area contributed by atoms with E-state index in [4.69, 9.17) is 37.4 Å². The number of hydrogen-bond acceptors (Lipinski definition) is 6. The molecule has 3 amide bonds. The van der Waals surface area contributed by atoms with Crippen LogP contribution in [-0.4, -0.2) is 31.1 Å². The Balaban J connectivity index is 1.65. The number of aromatic nitrogens is 1. The molecule has 1 aromatic heterocycles. The first-order chi connectivity index (χ1) is 14.9. The van der Waals surface area contributed by atoms with Gasteiger partial charge in [-0.05, 0) is 30.3 Å². The van der Waals surface area contributed by atoms with Crippen LogP contribution in [0.15, 0.2) is 54.7 Å². The number of carbonyl (C=O) groups excluding carboxylic acids is 2. The van der Waals surface area contributed by atoms with Gasteiger partial charge in [0.2, 0.25) is 5.88 Å². The van der Waals surface area contributed by atoms with Gasteiger partial charge < -0.3 is 19.5 Å². The molecule has 160 valence electrons. The Labute approximate surface area is 188 Å². The summed E-state index contributed by atoms with van der Waals surface area (Å²) < 4.78 is 15.9. The molecule has 0 atom stereocenters. The lowest BCUT2D eigenvalue weighted by molar-refractivity contribution is 0.0961. The normalized spacial score (nSPS) is 10.2. The van der Waals surface area contributed by atoms with E-state index in [1.807, 2.05) is 0 Å². The van der Waals surface area contributed by atoms with E-state index in [-0.39, 0.29) is 28.0 Å². The van der Waals surface area contributed by atoms with Gasteiger partial charge in [-0.15, -0.1) is 0 Å². The maximum Gasteiger partial charge on any atom is 0.326 e. The third kappa shape index (κ3) is 5.36. The molecule has 3 rings (SSSR count). The van der Waals surface area contributed by atoms with Crippen molar-refractivity contribution in [2.45, 2.75) is 0 Å². The predicted molar refractivity (Wildman–Crippen MR) is 117 cm³/mol. The lowest BCUT2D eigenvalue weighted by Gasteiger charge is -2.13. The molecule has 0 saturated carbocycles. The van der Waals surface area contributed by atoms with Crippen molar-refractivity contribution in [3.8, 4) is 23.1 Å². The monoisotopic (exact) mass is 461 g/mol. The van der Waals surface area contributed by atoms with Crippen molar-refractivity contribution in [2.24, 2.45) is 0 Å². The standard InChI is InChI=1S/C21H17Cl2N3O5/c1-29-14-6-4-7-15(30-2)18(14)20(27)26-21(28)25-12-9-10-17(24-11-12)31-16-8-3-5-13(22)19(16)23/h3-11H,1-2H3,(H2,25,26,27,28). The first-order valence-electron chi connectivity index (χ1n) is 8.84. The minimum Gasteiger partial charge on any atom is -0.496 e. The molecular weight excluding hydrogens is 445 g/mol. The third-order valence-electron chi connectivity index (χ3n) is 4.01. The number of nitrogens with zero attached hydrogens (tertiary/aromatic N) is 1. The lowest BCUT2D eigenvalue weighted by atomic mass is 10.1. The zero-order chi connectivity index (χ0) is 22.4. The van der Waals surface area contributed by atoms with Crippen LogP contribution in [0.2, 0.25) is 10.0 Å². The summed E-state index contributed by atoms with van der Waals surface area (Å²) in [6.07, 6.45) is 1.36. The number of ether oxygens (including phenoxy) is 3. The highest BCUT2D eigenvalue weighted by molar-refractivity contribution is 6.42. The summed E-state index contributed by atoms with van der Waals surface area (Å²) in [5, 5.41) is 5.35. The average molecular weight is 462 g/mol. The Kier molecular flexibility index (Phi) is 7.17. The number of benzene rings is 2. The number of nitrogens with one attached hydrogen (secondary N) is 2. The van der Waals surface area contributed by atoms with Gasteiger partial charge in [-0.1, -0.05) is 35.3 Å². The number of anilines is 1. The number of hydrogen-bond donors (Lipinski definition) is 2. The molecule has 0 saturated heterocycles. The number of halogens is 2. The van der Waals surface area contributed by atoms with Crippen molar-refractivity contribution in [3.05, 3.63) is 70.3 Å². The van der Waals surface area contributed by atoms with Crippen molar-refractivity contribution >= 4 is 40.8 Å². The Morgan fingerprint density at radius 1 is 0.903 bits per heavy atom. The Morgan fingerprint density at radius 3 is 2.16 bits per heavy atom. The molecule has 0 radical (unpaired) electrons. The van der Waals surface area contributed by atoms with Crippen LogP contribution in [0, 0.1) is 0 Å². The number of carbonyl (C=O) groups is 2. The topological polar surface area (TPSA) is 98.8 Å². The largest absolute Gasteiger partial charge is 0.496 e. The Morgan fingerprint density at radius 2 is 1.55 bits per heavy atom. The molecule has 0 aliphatic heterocycles. The minimum atomic E-state index is -0.758. The van der Waals surface area contributed by atoms with Gasteiger partial charge in [0.25, 0.3) is 5.91 Å². The zero-order valence-electron chi connectivity index (χ0n) is 16.4. The summed E-state index contributed by atoms with van der Waals surface area (Å²) in [6, 6.07) is 12.1. The average Bonchev–Trinajstić information content (AvgIpc) is 2.77. The molecule has 0 fully saturated rings. The van der Waals surface area contributed by atoms with E-state index in [2.05, 4.69) is 15.6 Å². The Hall–Kier alpha value is -3.49. The fraction of sp³-hybridized carbons (Fsp3) is 0.0952. The maximum atomic E-state index is 12.5. The van der Waals surface area contributed by atoms with Crippen LogP contribution in [0.4, 0.5) is 10.5 Å². The van der Waals surface area contributed by atoms with Gasteiger partial charge in [0, 0.05) is 6.07 Å². The predicted octanol–water partition coefficient (Wildman–Crippen LogP) is 5.16. The molecule has 2 N–H and O–H groups in total. The SMILES string of the molecule is COc1cccc(OC)c1C(=O)NC(=O)Nc1ccc(Oc2cccc(Cl)c2Cl)nc1. The van der Waals surface area contributed by atoms with E-state index in [9.17, 15) is 9.59 Å². The van der Waals surface area contributed by atoms with Crippen LogP contribution in [0.25, 0.3) is 0 Å². The van der Waals surface area contributed by atoms with Gasteiger partial charge in [-0.25, -0.2) is 9.78 Å². The van der Waals surface area contributed by atoms with Gasteiger partial charge >= 0.3 is 6.03 Å². The molecule has 0 spiro atoms. The van der Waals surface area contributed by atoms with Gasteiger partial charge in [-0.2, -0.15) is 0 Å². The second-order valence-electron chi connectivity index (χ2n) is 5.98. The number of pyridine rings is 1. The van der Waals surface area contributed by atoms with E-state index in [0.29, 0.717) is 16.5 Å². The molecule has 0 aliphatic carbocycles. The highest BCUT2D eigenvalue weighted by atomic mass is 35.5. The molecule has 1 heterocycles. The fourth-order valence-electron chi connectivity index (χ4n) is 2.59. The fourth-order valence-corrected chi connectivity index (χ4v) is 2.92.